The van der Waals surface area contributed by atoms with Crippen LogP contribution in [0.15, 0.2) is 24.4 Å². The van der Waals surface area contributed by atoms with Crippen LogP contribution in [0.1, 0.15) is 80.3 Å². The third-order valence-corrected chi connectivity index (χ3v) is 6.70. The molecule has 1 aliphatic rings. The molecule has 1 atom stereocenters. The second kappa shape index (κ2) is 17.4. The van der Waals surface area contributed by atoms with Crippen LogP contribution in [0.3, 0.4) is 0 Å². The third kappa shape index (κ3) is 12.7. The molecule has 1 aromatic rings. The number of sulfonamides is 1. The number of hydrogen-bond acceptors (Lipinski definition) is 4. The fourth-order valence-electron chi connectivity index (χ4n) is 2.64. The van der Waals surface area contributed by atoms with Crippen LogP contribution >= 0.6 is 0 Å². The molecule has 1 unspecified atom stereocenters. The molecular weight excluding hydrogens is 382 g/mol. The van der Waals surface area contributed by atoms with E-state index < -0.39 is 10.0 Å². The molecule has 0 amide bonds. The van der Waals surface area contributed by atoms with Gasteiger partial charge in [0.05, 0.1) is 11.3 Å². The summed E-state index contributed by atoms with van der Waals surface area (Å²) in [6, 6.07) is 8.03. The minimum atomic E-state index is -2.99. The predicted molar refractivity (Wildman–Crippen MR) is 124 cm³/mol. The zero-order chi connectivity index (χ0) is 22.9. The summed E-state index contributed by atoms with van der Waals surface area (Å²) in [5, 5.41) is 8.17. The summed E-state index contributed by atoms with van der Waals surface area (Å²) in [6.07, 6.45) is 5.30. The number of rotatable bonds is 5. The van der Waals surface area contributed by atoms with Crippen molar-refractivity contribution >= 4 is 10.0 Å². The van der Waals surface area contributed by atoms with E-state index in [2.05, 4.69) is 24.9 Å². The highest BCUT2D eigenvalue weighted by molar-refractivity contribution is 7.89. The first kappa shape index (κ1) is 29.7. The van der Waals surface area contributed by atoms with Gasteiger partial charge in [0, 0.05) is 31.4 Å². The van der Waals surface area contributed by atoms with Crippen LogP contribution in [-0.2, 0) is 16.4 Å². The van der Waals surface area contributed by atoms with Crippen molar-refractivity contribution in [3.05, 3.63) is 30.1 Å². The molecule has 1 saturated heterocycles. The van der Waals surface area contributed by atoms with E-state index in [-0.39, 0.29) is 5.25 Å². The van der Waals surface area contributed by atoms with E-state index in [1.807, 2.05) is 45.9 Å². The zero-order valence-corrected chi connectivity index (χ0v) is 20.7. The van der Waals surface area contributed by atoms with Crippen molar-refractivity contribution in [1.29, 1.82) is 5.26 Å². The van der Waals surface area contributed by atoms with Crippen molar-refractivity contribution in [2.75, 3.05) is 13.1 Å². The summed E-state index contributed by atoms with van der Waals surface area (Å²) in [5.41, 5.74) is 1.07. The van der Waals surface area contributed by atoms with Crippen molar-refractivity contribution in [2.24, 2.45) is 11.8 Å². The maximum Gasteiger partial charge on any atom is 0.216 e. The van der Waals surface area contributed by atoms with Crippen LogP contribution in [0.5, 0.6) is 0 Å². The Bertz CT molecular complexity index is 632. The van der Waals surface area contributed by atoms with Gasteiger partial charge < -0.3 is 0 Å². The van der Waals surface area contributed by atoms with Gasteiger partial charge in [0.2, 0.25) is 10.0 Å². The lowest BCUT2D eigenvalue weighted by Crippen LogP contribution is -2.41. The Hall–Kier alpha value is -1.45. The molecule has 0 aliphatic carbocycles. The van der Waals surface area contributed by atoms with Crippen molar-refractivity contribution in [2.45, 2.75) is 86.3 Å². The van der Waals surface area contributed by atoms with Gasteiger partial charge in [-0.05, 0) is 57.1 Å². The third-order valence-electron chi connectivity index (χ3n) is 4.42. The van der Waals surface area contributed by atoms with Gasteiger partial charge in [-0.25, -0.2) is 12.7 Å². The van der Waals surface area contributed by atoms with Gasteiger partial charge >= 0.3 is 0 Å². The smallest absolute Gasteiger partial charge is 0.216 e. The molecule has 168 valence electrons. The largest absolute Gasteiger partial charge is 0.261 e. The molecule has 6 heteroatoms. The van der Waals surface area contributed by atoms with E-state index in [1.54, 1.807) is 24.3 Å². The summed E-state index contributed by atoms with van der Waals surface area (Å²) < 4.78 is 25.1. The summed E-state index contributed by atoms with van der Waals surface area (Å²) in [7, 11) is -2.99. The average molecular weight is 426 g/mol. The molecule has 1 aliphatic heterocycles. The predicted octanol–water partition coefficient (Wildman–Crippen LogP) is 5.68. The highest BCUT2D eigenvalue weighted by Gasteiger charge is 2.28. The Labute approximate surface area is 180 Å². The number of nitriles is 1. The molecule has 2 rings (SSSR count). The minimum absolute atomic E-state index is 0.277. The van der Waals surface area contributed by atoms with Crippen molar-refractivity contribution < 1.29 is 8.42 Å². The highest BCUT2D eigenvalue weighted by Crippen LogP contribution is 2.20. The van der Waals surface area contributed by atoms with Gasteiger partial charge in [-0.1, -0.05) is 47.6 Å². The SMILES string of the molecule is CC.CC.CC(CC#N)Cc1ccccn1.CC1CCN(S(=O)(=O)C(C)C)CC1. The monoisotopic (exact) mass is 425 g/mol. The quantitative estimate of drug-likeness (QED) is 0.608. The number of hydrogen-bond donors (Lipinski definition) is 0. The van der Waals surface area contributed by atoms with Gasteiger partial charge in [-0.3, -0.25) is 4.98 Å². The van der Waals surface area contributed by atoms with E-state index >= 15 is 0 Å². The van der Waals surface area contributed by atoms with Crippen LogP contribution in [0.2, 0.25) is 0 Å². The first-order valence-electron chi connectivity index (χ1n) is 11.0. The Morgan fingerprint density at radius 3 is 2.10 bits per heavy atom. The lowest BCUT2D eigenvalue weighted by Gasteiger charge is -2.30. The maximum atomic E-state index is 11.7. The molecule has 2 heterocycles. The summed E-state index contributed by atoms with van der Waals surface area (Å²) in [5.74, 6) is 1.09. The molecule has 0 spiro atoms. The van der Waals surface area contributed by atoms with Crippen LogP contribution in [0.4, 0.5) is 0 Å². The summed E-state index contributed by atoms with van der Waals surface area (Å²) in [4.78, 5) is 4.19. The Morgan fingerprint density at radius 1 is 1.14 bits per heavy atom. The molecule has 29 heavy (non-hydrogen) atoms. The molecule has 0 saturated carbocycles. The number of aromatic nitrogens is 1. The van der Waals surface area contributed by atoms with Gasteiger partial charge in [0.25, 0.3) is 0 Å². The molecule has 1 aromatic heterocycles. The molecule has 0 aromatic carbocycles. The molecule has 1 fully saturated rings. The molecular formula is C23H43N3O2S. The van der Waals surface area contributed by atoms with E-state index in [0.29, 0.717) is 31.3 Å². The van der Waals surface area contributed by atoms with Crippen LogP contribution in [0, 0.1) is 23.2 Å². The lowest BCUT2D eigenvalue weighted by atomic mass is 10.0. The Kier molecular flexibility index (Phi) is 17.9. The molecule has 0 bridgehead atoms. The molecule has 0 radical (unpaired) electrons. The van der Waals surface area contributed by atoms with Gasteiger partial charge in [-0.15, -0.1) is 0 Å². The Morgan fingerprint density at radius 2 is 1.69 bits per heavy atom. The van der Waals surface area contributed by atoms with Crippen LogP contribution < -0.4 is 0 Å². The number of nitrogens with zero attached hydrogens (tertiary/aromatic N) is 3. The summed E-state index contributed by atoms with van der Waals surface area (Å²) in [6.45, 7) is 17.2. The summed E-state index contributed by atoms with van der Waals surface area (Å²) >= 11 is 0. The second-order valence-electron chi connectivity index (χ2n) is 7.17. The van der Waals surface area contributed by atoms with E-state index in [9.17, 15) is 8.42 Å². The van der Waals surface area contributed by atoms with Gasteiger partial charge in [0.1, 0.15) is 0 Å². The number of piperidine rings is 1. The average Bonchev–Trinajstić information content (AvgIpc) is 2.72. The highest BCUT2D eigenvalue weighted by atomic mass is 32.2. The standard InChI is InChI=1S/C10H12N2.C9H19NO2S.2C2H6/c1-9(5-6-11)8-10-4-2-3-7-12-10;1-8(2)13(11,12)10-6-4-9(3)5-7-10;2*1-2/h2-4,7,9H,5,8H2,1H3;8-9H,4-7H2,1-3H3;2*1-2H3. The van der Waals surface area contributed by atoms with Crippen molar-refractivity contribution in [3.63, 3.8) is 0 Å². The normalized spacial score (nSPS) is 15.4. The van der Waals surface area contributed by atoms with Crippen molar-refractivity contribution in [1.82, 2.24) is 9.29 Å². The van der Waals surface area contributed by atoms with Gasteiger partial charge in [0.15, 0.2) is 0 Å². The first-order chi connectivity index (χ1) is 13.8. The van der Waals surface area contributed by atoms with E-state index in [1.165, 1.54) is 0 Å². The lowest BCUT2D eigenvalue weighted by molar-refractivity contribution is 0.286. The van der Waals surface area contributed by atoms with Crippen molar-refractivity contribution in [3.8, 4) is 6.07 Å². The maximum absolute atomic E-state index is 11.7. The molecule has 0 N–H and O–H groups in total. The topological polar surface area (TPSA) is 74.1 Å². The fourth-order valence-corrected chi connectivity index (χ4v) is 3.96. The van der Waals surface area contributed by atoms with Crippen LogP contribution in [-0.4, -0.2) is 36.0 Å². The zero-order valence-electron chi connectivity index (χ0n) is 19.9. The number of pyridine rings is 1. The first-order valence-corrected chi connectivity index (χ1v) is 12.5. The van der Waals surface area contributed by atoms with E-state index in [0.717, 1.165) is 25.0 Å². The van der Waals surface area contributed by atoms with Crippen LogP contribution in [0.25, 0.3) is 0 Å². The minimum Gasteiger partial charge on any atom is -0.261 e. The fraction of sp³-hybridized carbons (Fsp3) is 0.739. The second-order valence-corrected chi connectivity index (χ2v) is 9.66. The van der Waals surface area contributed by atoms with E-state index in [4.69, 9.17) is 5.26 Å². The Balaban J connectivity index is 0. The van der Waals surface area contributed by atoms with Gasteiger partial charge in [-0.2, -0.15) is 5.26 Å². The molecule has 5 nitrogen and oxygen atoms in total.